The van der Waals surface area contributed by atoms with Crippen molar-refractivity contribution < 1.29 is 0 Å². The van der Waals surface area contributed by atoms with Gasteiger partial charge in [0.15, 0.2) is 0 Å². The normalized spacial score (nSPS) is 19.6. The van der Waals surface area contributed by atoms with Crippen molar-refractivity contribution >= 4 is 0 Å². The Balaban J connectivity index is 1.95. The molecule has 2 N–H and O–H groups in total. The number of aromatic nitrogens is 2. The zero-order valence-corrected chi connectivity index (χ0v) is 12.4. The van der Waals surface area contributed by atoms with Gasteiger partial charge >= 0.3 is 0 Å². The molecular weight excluding hydrogens is 236 g/mol. The number of nitrogens with two attached hydrogens (primary N) is 1. The van der Waals surface area contributed by atoms with Crippen molar-refractivity contribution in [2.24, 2.45) is 18.2 Å². The predicted molar refractivity (Wildman–Crippen MR) is 78.7 cm³/mol. The molecule has 0 aliphatic heterocycles. The fourth-order valence-electron chi connectivity index (χ4n) is 3.32. The molecule has 1 aromatic rings. The summed E-state index contributed by atoms with van der Waals surface area (Å²) >= 11 is 0. The minimum absolute atomic E-state index is 0.330. The first kappa shape index (κ1) is 14.5. The number of hydrogen-bond donors (Lipinski definition) is 1. The van der Waals surface area contributed by atoms with E-state index in [0.29, 0.717) is 5.41 Å². The Hall–Kier alpha value is -0.870. The van der Waals surface area contributed by atoms with Gasteiger partial charge in [-0.25, -0.2) is 4.98 Å². The first-order valence-corrected chi connectivity index (χ1v) is 7.50. The van der Waals surface area contributed by atoms with Crippen molar-refractivity contribution in [3.05, 3.63) is 18.2 Å². The van der Waals surface area contributed by atoms with E-state index in [1.165, 1.54) is 38.5 Å². The summed E-state index contributed by atoms with van der Waals surface area (Å²) in [6.07, 6.45) is 11.9. The van der Waals surface area contributed by atoms with Crippen LogP contribution in [0.4, 0.5) is 0 Å². The zero-order chi connectivity index (χ0) is 13.7. The Morgan fingerprint density at radius 1 is 1.32 bits per heavy atom. The Kier molecular flexibility index (Phi) is 4.99. The molecule has 1 fully saturated rings. The molecule has 0 radical (unpaired) electrons. The Morgan fingerprint density at radius 3 is 2.53 bits per heavy atom. The molecule has 0 bridgehead atoms. The molecule has 108 valence electrons. The van der Waals surface area contributed by atoms with Gasteiger partial charge < -0.3 is 10.3 Å². The molecule has 4 nitrogen and oxygen atoms in total. The minimum Gasteiger partial charge on any atom is -0.337 e. The molecule has 0 atom stereocenters. The molecule has 0 spiro atoms. The highest BCUT2D eigenvalue weighted by Crippen LogP contribution is 2.34. The van der Waals surface area contributed by atoms with Gasteiger partial charge in [0.25, 0.3) is 0 Å². The molecule has 19 heavy (non-hydrogen) atoms. The van der Waals surface area contributed by atoms with Gasteiger partial charge in [-0.1, -0.05) is 25.7 Å². The third kappa shape index (κ3) is 3.80. The number of nitrogens with zero attached hydrogens (tertiary/aromatic N) is 3. The van der Waals surface area contributed by atoms with Gasteiger partial charge in [0.05, 0.1) is 6.54 Å². The molecule has 0 aromatic carbocycles. The largest absolute Gasteiger partial charge is 0.337 e. The van der Waals surface area contributed by atoms with E-state index in [1.807, 2.05) is 12.4 Å². The van der Waals surface area contributed by atoms with Gasteiger partial charge in [-0.3, -0.25) is 4.90 Å². The lowest BCUT2D eigenvalue weighted by Crippen LogP contribution is -2.41. The second kappa shape index (κ2) is 6.53. The van der Waals surface area contributed by atoms with Crippen molar-refractivity contribution in [3.63, 3.8) is 0 Å². The summed E-state index contributed by atoms with van der Waals surface area (Å²) in [5.74, 6) is 1.13. The number of imidazole rings is 1. The number of rotatable bonds is 5. The van der Waals surface area contributed by atoms with Gasteiger partial charge in [0.2, 0.25) is 0 Å². The summed E-state index contributed by atoms with van der Waals surface area (Å²) in [5, 5.41) is 0. The summed E-state index contributed by atoms with van der Waals surface area (Å²) < 4.78 is 2.10. The van der Waals surface area contributed by atoms with E-state index in [2.05, 4.69) is 28.5 Å². The maximum absolute atomic E-state index is 6.11. The summed E-state index contributed by atoms with van der Waals surface area (Å²) in [6, 6.07) is 0. The minimum atomic E-state index is 0.330. The SMILES string of the molecule is CN(Cc1nccn1C)CC1(CN)CCCCCC1. The molecule has 0 amide bonds. The standard InChI is InChI=1S/C15H28N4/c1-18(11-14-17-9-10-19(14)2)13-15(12-16)7-5-3-4-6-8-15/h9-10H,3-8,11-13,16H2,1-2H3. The second-order valence-corrected chi connectivity index (χ2v) is 6.25. The van der Waals surface area contributed by atoms with Crippen molar-refractivity contribution in [1.82, 2.24) is 14.5 Å². The van der Waals surface area contributed by atoms with E-state index >= 15 is 0 Å². The van der Waals surface area contributed by atoms with E-state index in [4.69, 9.17) is 5.73 Å². The molecular formula is C15H28N4. The third-order valence-electron chi connectivity index (χ3n) is 4.53. The molecule has 1 aliphatic carbocycles. The fourth-order valence-corrected chi connectivity index (χ4v) is 3.32. The van der Waals surface area contributed by atoms with Crippen LogP contribution in [0, 0.1) is 5.41 Å². The topological polar surface area (TPSA) is 47.1 Å². The average Bonchev–Trinajstić information content (AvgIpc) is 2.66. The summed E-state index contributed by atoms with van der Waals surface area (Å²) in [5.41, 5.74) is 6.44. The quantitative estimate of drug-likeness (QED) is 0.829. The van der Waals surface area contributed by atoms with Crippen LogP contribution in [-0.2, 0) is 13.6 Å². The summed E-state index contributed by atoms with van der Waals surface area (Å²) in [6.45, 7) is 2.82. The maximum Gasteiger partial charge on any atom is 0.122 e. The predicted octanol–water partition coefficient (Wildman–Crippen LogP) is 2.15. The first-order chi connectivity index (χ1) is 9.15. The van der Waals surface area contributed by atoms with E-state index in [1.54, 1.807) is 0 Å². The first-order valence-electron chi connectivity index (χ1n) is 7.50. The van der Waals surface area contributed by atoms with Gasteiger partial charge in [0.1, 0.15) is 5.82 Å². The van der Waals surface area contributed by atoms with Crippen LogP contribution < -0.4 is 5.73 Å². The van der Waals surface area contributed by atoms with Gasteiger partial charge in [0, 0.05) is 26.0 Å². The van der Waals surface area contributed by atoms with Gasteiger partial charge in [-0.2, -0.15) is 0 Å². The van der Waals surface area contributed by atoms with Crippen LogP contribution >= 0.6 is 0 Å². The van der Waals surface area contributed by atoms with Crippen molar-refractivity contribution in [2.75, 3.05) is 20.1 Å². The molecule has 1 saturated carbocycles. The third-order valence-corrected chi connectivity index (χ3v) is 4.53. The van der Waals surface area contributed by atoms with E-state index in [0.717, 1.165) is 25.5 Å². The van der Waals surface area contributed by atoms with Crippen molar-refractivity contribution in [3.8, 4) is 0 Å². The van der Waals surface area contributed by atoms with Gasteiger partial charge in [-0.05, 0) is 31.8 Å². The maximum atomic E-state index is 6.11. The lowest BCUT2D eigenvalue weighted by atomic mass is 9.80. The highest BCUT2D eigenvalue weighted by Gasteiger charge is 2.30. The molecule has 1 heterocycles. The lowest BCUT2D eigenvalue weighted by Gasteiger charge is -2.35. The van der Waals surface area contributed by atoms with Crippen LogP contribution in [0.2, 0.25) is 0 Å². The Morgan fingerprint density at radius 2 is 2.00 bits per heavy atom. The molecule has 4 heteroatoms. The van der Waals surface area contributed by atoms with E-state index in [-0.39, 0.29) is 0 Å². The second-order valence-electron chi connectivity index (χ2n) is 6.25. The summed E-state index contributed by atoms with van der Waals surface area (Å²) in [7, 11) is 4.25. The van der Waals surface area contributed by atoms with Crippen LogP contribution in [0.3, 0.4) is 0 Å². The summed E-state index contributed by atoms with van der Waals surface area (Å²) in [4.78, 5) is 6.80. The number of aryl methyl sites for hydroxylation is 1. The van der Waals surface area contributed by atoms with Crippen LogP contribution in [0.25, 0.3) is 0 Å². The van der Waals surface area contributed by atoms with Crippen molar-refractivity contribution in [2.45, 2.75) is 45.1 Å². The van der Waals surface area contributed by atoms with Crippen molar-refractivity contribution in [1.29, 1.82) is 0 Å². The highest BCUT2D eigenvalue weighted by molar-refractivity contribution is 4.92. The average molecular weight is 264 g/mol. The molecule has 2 rings (SSSR count). The van der Waals surface area contributed by atoms with Crippen LogP contribution in [0.1, 0.15) is 44.3 Å². The smallest absolute Gasteiger partial charge is 0.122 e. The zero-order valence-electron chi connectivity index (χ0n) is 12.4. The lowest BCUT2D eigenvalue weighted by molar-refractivity contribution is 0.150. The fraction of sp³-hybridized carbons (Fsp3) is 0.800. The Bertz CT molecular complexity index is 377. The highest BCUT2D eigenvalue weighted by atomic mass is 15.2. The van der Waals surface area contributed by atoms with Crippen LogP contribution in [-0.4, -0.2) is 34.6 Å². The molecule has 1 aliphatic rings. The molecule has 0 unspecified atom stereocenters. The Labute approximate surface area is 117 Å². The number of hydrogen-bond acceptors (Lipinski definition) is 3. The molecule has 0 saturated heterocycles. The van der Waals surface area contributed by atoms with Gasteiger partial charge in [-0.15, -0.1) is 0 Å². The van der Waals surface area contributed by atoms with E-state index < -0.39 is 0 Å². The van der Waals surface area contributed by atoms with E-state index in [9.17, 15) is 0 Å². The monoisotopic (exact) mass is 264 g/mol. The molecule has 1 aromatic heterocycles. The van der Waals surface area contributed by atoms with Crippen LogP contribution in [0.15, 0.2) is 12.4 Å². The van der Waals surface area contributed by atoms with Crippen LogP contribution in [0.5, 0.6) is 0 Å².